The van der Waals surface area contributed by atoms with Gasteiger partial charge < -0.3 is 25.4 Å². The summed E-state index contributed by atoms with van der Waals surface area (Å²) in [4.78, 5) is 14.4. The van der Waals surface area contributed by atoms with Crippen molar-refractivity contribution in [3.05, 3.63) is 54.0 Å². The number of hydrogen-bond donors (Lipinski definition) is 3. The van der Waals surface area contributed by atoms with E-state index in [2.05, 4.69) is 26.0 Å². The summed E-state index contributed by atoms with van der Waals surface area (Å²) < 4.78 is 18.3. The van der Waals surface area contributed by atoms with Gasteiger partial charge in [-0.3, -0.25) is 0 Å². The maximum Gasteiger partial charge on any atom is 0.319 e. The van der Waals surface area contributed by atoms with Crippen LogP contribution in [0.25, 0.3) is 11.0 Å². The Bertz CT molecular complexity index is 935. The molecular formula is C19H20FN5O2. The zero-order valence-electron chi connectivity index (χ0n) is 14.7. The molecule has 2 amide bonds. The van der Waals surface area contributed by atoms with Crippen LogP contribution in [0.1, 0.15) is 5.69 Å². The van der Waals surface area contributed by atoms with Gasteiger partial charge in [0.15, 0.2) is 5.58 Å². The summed E-state index contributed by atoms with van der Waals surface area (Å²) in [6.45, 7) is 4.09. The summed E-state index contributed by atoms with van der Waals surface area (Å²) in [5.41, 5.74) is 2.76. The molecule has 4 rings (SSSR count). The third kappa shape index (κ3) is 4.01. The van der Waals surface area contributed by atoms with Crippen LogP contribution in [0.3, 0.4) is 0 Å². The first-order chi connectivity index (χ1) is 13.2. The van der Waals surface area contributed by atoms with Crippen molar-refractivity contribution in [2.24, 2.45) is 0 Å². The van der Waals surface area contributed by atoms with Gasteiger partial charge in [-0.05, 0) is 36.4 Å². The van der Waals surface area contributed by atoms with Crippen LogP contribution in [-0.4, -0.2) is 37.4 Å². The Hall–Kier alpha value is -3.13. The highest BCUT2D eigenvalue weighted by molar-refractivity contribution is 5.89. The summed E-state index contributed by atoms with van der Waals surface area (Å²) in [5.74, 6) is -0.389. The molecule has 0 saturated carbocycles. The molecule has 3 N–H and O–H groups in total. The molecule has 1 fully saturated rings. The van der Waals surface area contributed by atoms with Crippen LogP contribution in [-0.2, 0) is 6.54 Å². The normalized spacial score (nSPS) is 14.3. The zero-order chi connectivity index (χ0) is 18.6. The lowest BCUT2D eigenvalue weighted by atomic mass is 10.2. The lowest BCUT2D eigenvalue weighted by Gasteiger charge is -2.29. The van der Waals surface area contributed by atoms with E-state index in [1.165, 1.54) is 12.1 Å². The van der Waals surface area contributed by atoms with Crippen molar-refractivity contribution in [2.45, 2.75) is 6.54 Å². The molecule has 1 aliphatic heterocycles. The number of nitrogens with one attached hydrogen (secondary N) is 3. The Morgan fingerprint density at radius 1 is 1.19 bits per heavy atom. The Balaban J connectivity index is 1.33. The minimum atomic E-state index is -0.389. The minimum Gasteiger partial charge on any atom is -0.369 e. The number of rotatable bonds is 4. The quantitative estimate of drug-likeness (QED) is 0.659. The molecule has 8 heteroatoms. The number of halogens is 1. The maximum absolute atomic E-state index is 13.2. The largest absolute Gasteiger partial charge is 0.369 e. The van der Waals surface area contributed by atoms with Crippen molar-refractivity contribution >= 4 is 28.4 Å². The fraction of sp³-hybridized carbons (Fsp3) is 0.263. The molecule has 140 valence electrons. The van der Waals surface area contributed by atoms with E-state index in [4.69, 9.17) is 4.52 Å². The fourth-order valence-electron chi connectivity index (χ4n) is 3.11. The van der Waals surface area contributed by atoms with E-state index >= 15 is 0 Å². The van der Waals surface area contributed by atoms with Crippen LogP contribution < -0.4 is 20.9 Å². The van der Waals surface area contributed by atoms with E-state index in [1.807, 2.05) is 24.3 Å². The molecule has 1 aliphatic rings. The first-order valence-corrected chi connectivity index (χ1v) is 8.83. The molecule has 7 nitrogen and oxygen atoms in total. The van der Waals surface area contributed by atoms with Crippen molar-refractivity contribution in [3.63, 3.8) is 0 Å². The smallest absolute Gasteiger partial charge is 0.319 e. The van der Waals surface area contributed by atoms with Gasteiger partial charge in [-0.2, -0.15) is 0 Å². The number of aromatic nitrogens is 1. The number of piperazine rings is 1. The van der Waals surface area contributed by atoms with Gasteiger partial charge >= 0.3 is 6.03 Å². The van der Waals surface area contributed by atoms with Crippen molar-refractivity contribution in [1.82, 2.24) is 15.8 Å². The van der Waals surface area contributed by atoms with Crippen LogP contribution in [0, 0.1) is 5.82 Å². The molecule has 1 saturated heterocycles. The number of carbonyl (C=O) groups is 1. The fourth-order valence-corrected chi connectivity index (χ4v) is 3.11. The second-order valence-electron chi connectivity index (χ2n) is 6.36. The van der Waals surface area contributed by atoms with Crippen molar-refractivity contribution in [3.8, 4) is 0 Å². The molecule has 27 heavy (non-hydrogen) atoms. The summed E-state index contributed by atoms with van der Waals surface area (Å²) in [6.07, 6.45) is 0. The standard InChI is InChI=1S/C19H20FN5O2/c20-13-1-6-16-17(24-27-18(16)11-13)12-22-19(26)23-14-2-4-15(5-3-14)25-9-7-21-8-10-25/h1-6,11,21H,7-10,12H2,(H2,22,23,26). The summed E-state index contributed by atoms with van der Waals surface area (Å²) in [5, 5.41) is 13.4. The van der Waals surface area contributed by atoms with E-state index in [0.29, 0.717) is 22.4 Å². The second kappa shape index (κ2) is 7.63. The Kier molecular flexibility index (Phi) is 4.88. The molecule has 0 aliphatic carbocycles. The Labute approximate surface area is 155 Å². The van der Waals surface area contributed by atoms with Crippen LogP contribution in [0.4, 0.5) is 20.6 Å². The number of urea groups is 1. The number of carbonyl (C=O) groups excluding carboxylic acids is 1. The molecule has 0 spiro atoms. The van der Waals surface area contributed by atoms with Crippen LogP contribution in [0.2, 0.25) is 0 Å². The molecule has 3 aromatic rings. The highest BCUT2D eigenvalue weighted by atomic mass is 19.1. The first-order valence-electron chi connectivity index (χ1n) is 8.83. The van der Waals surface area contributed by atoms with Crippen LogP contribution >= 0.6 is 0 Å². The van der Waals surface area contributed by atoms with Gasteiger partial charge in [0.1, 0.15) is 11.5 Å². The highest BCUT2D eigenvalue weighted by Gasteiger charge is 2.12. The van der Waals surface area contributed by atoms with Gasteiger partial charge in [0.2, 0.25) is 0 Å². The molecule has 1 aromatic heterocycles. The van der Waals surface area contributed by atoms with Crippen molar-refractivity contribution in [2.75, 3.05) is 36.4 Å². The number of benzene rings is 2. The van der Waals surface area contributed by atoms with Gasteiger partial charge in [0.05, 0.1) is 6.54 Å². The second-order valence-corrected chi connectivity index (χ2v) is 6.36. The number of hydrogen-bond acceptors (Lipinski definition) is 5. The van der Waals surface area contributed by atoms with Gasteiger partial charge in [-0.25, -0.2) is 9.18 Å². The summed E-state index contributed by atoms with van der Waals surface area (Å²) >= 11 is 0. The number of anilines is 2. The number of fused-ring (bicyclic) bond motifs is 1. The topological polar surface area (TPSA) is 82.4 Å². The van der Waals surface area contributed by atoms with E-state index < -0.39 is 0 Å². The van der Waals surface area contributed by atoms with E-state index in [1.54, 1.807) is 6.07 Å². The van der Waals surface area contributed by atoms with Gasteiger partial charge in [-0.1, -0.05) is 5.16 Å². The van der Waals surface area contributed by atoms with Crippen molar-refractivity contribution < 1.29 is 13.7 Å². The summed E-state index contributed by atoms with van der Waals surface area (Å²) in [6, 6.07) is 11.6. The molecule has 0 radical (unpaired) electrons. The average molecular weight is 369 g/mol. The van der Waals surface area contributed by atoms with Crippen LogP contribution in [0.15, 0.2) is 47.0 Å². The molecule has 2 aromatic carbocycles. The zero-order valence-corrected chi connectivity index (χ0v) is 14.7. The number of amides is 2. The molecule has 0 atom stereocenters. The van der Waals surface area contributed by atoms with E-state index in [0.717, 1.165) is 31.9 Å². The average Bonchev–Trinajstić information content (AvgIpc) is 3.09. The van der Waals surface area contributed by atoms with Gasteiger partial charge in [0, 0.05) is 49.0 Å². The Morgan fingerprint density at radius 2 is 1.96 bits per heavy atom. The summed E-state index contributed by atoms with van der Waals surface area (Å²) in [7, 11) is 0. The number of nitrogens with zero attached hydrogens (tertiary/aromatic N) is 2. The predicted molar refractivity (Wildman–Crippen MR) is 101 cm³/mol. The molecular weight excluding hydrogens is 349 g/mol. The third-order valence-electron chi connectivity index (χ3n) is 4.53. The first kappa shape index (κ1) is 17.3. The maximum atomic E-state index is 13.2. The lowest BCUT2D eigenvalue weighted by Crippen LogP contribution is -2.43. The molecule has 0 bridgehead atoms. The SMILES string of the molecule is O=C(NCc1noc2cc(F)ccc12)Nc1ccc(N2CCNCC2)cc1. The monoisotopic (exact) mass is 369 g/mol. The predicted octanol–water partition coefficient (Wildman–Crippen LogP) is 2.70. The van der Waals surface area contributed by atoms with E-state index in [9.17, 15) is 9.18 Å². The minimum absolute atomic E-state index is 0.184. The van der Waals surface area contributed by atoms with Crippen LogP contribution in [0.5, 0.6) is 0 Å². The van der Waals surface area contributed by atoms with Gasteiger partial charge in [-0.15, -0.1) is 0 Å². The lowest BCUT2D eigenvalue weighted by molar-refractivity contribution is 0.251. The van der Waals surface area contributed by atoms with E-state index in [-0.39, 0.29) is 18.4 Å². The Morgan fingerprint density at radius 3 is 2.74 bits per heavy atom. The molecule has 2 heterocycles. The highest BCUT2D eigenvalue weighted by Crippen LogP contribution is 2.20. The van der Waals surface area contributed by atoms with Gasteiger partial charge in [0.25, 0.3) is 0 Å². The van der Waals surface area contributed by atoms with Crippen molar-refractivity contribution in [1.29, 1.82) is 0 Å². The third-order valence-corrected chi connectivity index (χ3v) is 4.53. The molecule has 0 unspecified atom stereocenters.